The Labute approximate surface area is 132 Å². The summed E-state index contributed by atoms with van der Waals surface area (Å²) >= 11 is 0. The van der Waals surface area contributed by atoms with Crippen molar-refractivity contribution in [2.45, 2.75) is 45.1 Å². The van der Waals surface area contributed by atoms with Crippen LogP contribution < -0.4 is 5.32 Å². The van der Waals surface area contributed by atoms with Gasteiger partial charge in [-0.3, -0.25) is 9.59 Å². The Hall–Kier alpha value is -1.68. The van der Waals surface area contributed by atoms with Crippen LogP contribution in [0.5, 0.6) is 0 Å². The van der Waals surface area contributed by atoms with Gasteiger partial charge >= 0.3 is 0 Å². The number of ketones is 1. The zero-order valence-electron chi connectivity index (χ0n) is 13.6. The van der Waals surface area contributed by atoms with Crippen LogP contribution in [0, 0.1) is 0 Å². The third kappa shape index (κ3) is 4.17. The van der Waals surface area contributed by atoms with Crippen molar-refractivity contribution >= 4 is 11.7 Å². The molecule has 1 aliphatic rings. The Morgan fingerprint density at radius 1 is 1.23 bits per heavy atom. The van der Waals surface area contributed by atoms with Crippen molar-refractivity contribution in [3.8, 4) is 0 Å². The third-order valence-electron chi connectivity index (χ3n) is 4.39. The number of likely N-dealkylation sites (N-methyl/N-ethyl adjacent to an activating group) is 1. The fourth-order valence-corrected chi connectivity index (χ4v) is 3.05. The Morgan fingerprint density at radius 2 is 1.95 bits per heavy atom. The van der Waals surface area contributed by atoms with Gasteiger partial charge in [-0.25, -0.2) is 0 Å². The molecule has 1 aromatic carbocycles. The molecule has 1 aliphatic heterocycles. The van der Waals surface area contributed by atoms with E-state index in [-0.39, 0.29) is 17.7 Å². The molecule has 1 aromatic rings. The van der Waals surface area contributed by atoms with Gasteiger partial charge in [0.05, 0.1) is 0 Å². The molecule has 1 saturated heterocycles. The van der Waals surface area contributed by atoms with Gasteiger partial charge in [-0.2, -0.15) is 0 Å². The number of aryl methyl sites for hydroxylation is 1. The average molecular weight is 302 g/mol. The molecular weight excluding hydrogens is 276 g/mol. The summed E-state index contributed by atoms with van der Waals surface area (Å²) in [6, 6.07) is 7.99. The Bertz CT molecular complexity index is 510. The topological polar surface area (TPSA) is 49.4 Å². The van der Waals surface area contributed by atoms with Crippen LogP contribution in [0.1, 0.15) is 48.5 Å². The lowest BCUT2D eigenvalue weighted by Crippen LogP contribution is -2.40. The van der Waals surface area contributed by atoms with Crippen LogP contribution in [0.4, 0.5) is 0 Å². The van der Waals surface area contributed by atoms with E-state index in [0.29, 0.717) is 18.4 Å². The molecule has 1 amide bonds. The first-order chi connectivity index (χ1) is 10.7. The van der Waals surface area contributed by atoms with Gasteiger partial charge < -0.3 is 10.2 Å². The van der Waals surface area contributed by atoms with E-state index in [1.165, 1.54) is 5.56 Å². The molecule has 0 saturated carbocycles. The van der Waals surface area contributed by atoms with E-state index in [1.807, 2.05) is 36.2 Å². The van der Waals surface area contributed by atoms with E-state index in [2.05, 4.69) is 12.2 Å². The number of amides is 1. The first-order valence-electron chi connectivity index (χ1n) is 8.22. The molecule has 2 rings (SSSR count). The van der Waals surface area contributed by atoms with E-state index in [4.69, 9.17) is 0 Å². The Balaban J connectivity index is 1.85. The van der Waals surface area contributed by atoms with Crippen LogP contribution in [-0.4, -0.2) is 42.8 Å². The molecule has 0 aliphatic carbocycles. The van der Waals surface area contributed by atoms with Gasteiger partial charge in [0.15, 0.2) is 5.78 Å². The summed E-state index contributed by atoms with van der Waals surface area (Å²) in [4.78, 5) is 26.4. The van der Waals surface area contributed by atoms with Gasteiger partial charge in [0, 0.05) is 37.5 Å². The molecule has 1 N–H and O–H groups in total. The third-order valence-corrected chi connectivity index (χ3v) is 4.39. The molecule has 0 aromatic heterocycles. The lowest BCUT2D eigenvalue weighted by atomic mass is 10.0. The maximum Gasteiger partial charge on any atom is 0.223 e. The Morgan fingerprint density at radius 3 is 2.59 bits per heavy atom. The minimum absolute atomic E-state index is 0.0559. The largest absolute Gasteiger partial charge is 0.338 e. The SMILES string of the molecule is CCc1ccc(C(=O)CCC(=O)N2CCCC2CNC)cc1. The highest BCUT2D eigenvalue weighted by atomic mass is 16.2. The average Bonchev–Trinajstić information content (AvgIpc) is 3.01. The molecule has 1 unspecified atom stereocenters. The lowest BCUT2D eigenvalue weighted by molar-refractivity contribution is -0.131. The summed E-state index contributed by atoms with van der Waals surface area (Å²) in [6.07, 6.45) is 3.69. The van der Waals surface area contributed by atoms with Gasteiger partial charge in [0.1, 0.15) is 0 Å². The number of nitrogens with zero attached hydrogens (tertiary/aromatic N) is 1. The molecular formula is C18H26N2O2. The monoisotopic (exact) mass is 302 g/mol. The lowest BCUT2D eigenvalue weighted by Gasteiger charge is -2.24. The highest BCUT2D eigenvalue weighted by molar-refractivity contribution is 5.98. The van der Waals surface area contributed by atoms with Crippen LogP contribution in [0.15, 0.2) is 24.3 Å². The van der Waals surface area contributed by atoms with Crippen molar-refractivity contribution in [1.82, 2.24) is 10.2 Å². The van der Waals surface area contributed by atoms with Gasteiger partial charge in [0.2, 0.25) is 5.91 Å². The maximum atomic E-state index is 12.3. The van der Waals surface area contributed by atoms with Gasteiger partial charge in [-0.1, -0.05) is 31.2 Å². The molecule has 0 bridgehead atoms. The standard InChI is InChI=1S/C18H26N2O2/c1-3-14-6-8-15(9-7-14)17(21)10-11-18(22)20-12-4-5-16(20)13-19-2/h6-9,16,19H,3-5,10-13H2,1-2H3. The normalized spacial score (nSPS) is 17.7. The van der Waals surface area contributed by atoms with E-state index in [1.54, 1.807) is 0 Å². The van der Waals surface area contributed by atoms with Crippen molar-refractivity contribution in [2.24, 2.45) is 0 Å². The molecule has 0 radical (unpaired) electrons. The number of hydrogen-bond donors (Lipinski definition) is 1. The number of nitrogens with one attached hydrogen (secondary N) is 1. The highest BCUT2D eigenvalue weighted by Gasteiger charge is 2.27. The molecule has 0 spiro atoms. The predicted octanol–water partition coefficient (Wildman–Crippen LogP) is 2.42. The molecule has 120 valence electrons. The van der Waals surface area contributed by atoms with Gasteiger partial charge in [-0.05, 0) is 31.9 Å². The number of carbonyl (C=O) groups excluding carboxylic acids is 2. The van der Waals surface area contributed by atoms with Crippen LogP contribution in [0.3, 0.4) is 0 Å². The number of hydrogen-bond acceptors (Lipinski definition) is 3. The number of likely N-dealkylation sites (tertiary alicyclic amines) is 1. The summed E-state index contributed by atoms with van der Waals surface area (Å²) in [6.45, 7) is 3.75. The van der Waals surface area contributed by atoms with Gasteiger partial charge in [-0.15, -0.1) is 0 Å². The predicted molar refractivity (Wildman–Crippen MR) is 88.0 cm³/mol. The zero-order valence-corrected chi connectivity index (χ0v) is 13.6. The molecule has 1 fully saturated rings. The van der Waals surface area contributed by atoms with E-state index in [0.717, 1.165) is 32.4 Å². The Kier molecular flexibility index (Phi) is 6.13. The summed E-state index contributed by atoms with van der Waals surface area (Å²) in [5.74, 6) is 0.164. The first kappa shape index (κ1) is 16.7. The summed E-state index contributed by atoms with van der Waals surface area (Å²) in [7, 11) is 1.91. The second kappa shape index (κ2) is 8.08. The number of benzene rings is 1. The minimum Gasteiger partial charge on any atom is -0.338 e. The number of rotatable bonds is 7. The van der Waals surface area contributed by atoms with Crippen molar-refractivity contribution in [3.63, 3.8) is 0 Å². The molecule has 4 heteroatoms. The molecule has 22 heavy (non-hydrogen) atoms. The second-order valence-electron chi connectivity index (χ2n) is 5.91. The second-order valence-corrected chi connectivity index (χ2v) is 5.91. The van der Waals surface area contributed by atoms with E-state index in [9.17, 15) is 9.59 Å². The summed E-state index contributed by atoms with van der Waals surface area (Å²) in [5, 5.41) is 3.14. The fourth-order valence-electron chi connectivity index (χ4n) is 3.05. The number of carbonyl (C=O) groups is 2. The number of Topliss-reactive ketones (excluding diaryl/α,β-unsaturated/α-hetero) is 1. The fraction of sp³-hybridized carbons (Fsp3) is 0.556. The van der Waals surface area contributed by atoms with Crippen molar-refractivity contribution < 1.29 is 9.59 Å². The zero-order chi connectivity index (χ0) is 15.9. The molecule has 1 heterocycles. The van der Waals surface area contributed by atoms with Crippen LogP contribution in [0.2, 0.25) is 0 Å². The van der Waals surface area contributed by atoms with Gasteiger partial charge in [0.25, 0.3) is 0 Å². The van der Waals surface area contributed by atoms with Crippen molar-refractivity contribution in [3.05, 3.63) is 35.4 Å². The summed E-state index contributed by atoms with van der Waals surface area (Å²) < 4.78 is 0. The first-order valence-corrected chi connectivity index (χ1v) is 8.22. The van der Waals surface area contributed by atoms with Crippen LogP contribution in [0.25, 0.3) is 0 Å². The minimum atomic E-state index is 0.0559. The van der Waals surface area contributed by atoms with Crippen molar-refractivity contribution in [2.75, 3.05) is 20.1 Å². The van der Waals surface area contributed by atoms with Crippen molar-refractivity contribution in [1.29, 1.82) is 0 Å². The summed E-state index contributed by atoms with van der Waals surface area (Å²) in [5.41, 5.74) is 1.93. The van der Waals surface area contributed by atoms with Crippen LogP contribution >= 0.6 is 0 Å². The molecule has 1 atom stereocenters. The molecule has 4 nitrogen and oxygen atoms in total. The highest BCUT2D eigenvalue weighted by Crippen LogP contribution is 2.18. The van der Waals surface area contributed by atoms with Crippen LogP contribution in [-0.2, 0) is 11.2 Å². The maximum absolute atomic E-state index is 12.3. The van der Waals surface area contributed by atoms with E-state index < -0.39 is 0 Å². The van der Waals surface area contributed by atoms with E-state index >= 15 is 0 Å². The quantitative estimate of drug-likeness (QED) is 0.787. The smallest absolute Gasteiger partial charge is 0.223 e.